The van der Waals surface area contributed by atoms with Crippen LogP contribution in [0.2, 0.25) is 0 Å². The van der Waals surface area contributed by atoms with E-state index in [2.05, 4.69) is 28.7 Å². The molecule has 1 atom stereocenters. The first-order valence-electron chi connectivity index (χ1n) is 5.54. The van der Waals surface area contributed by atoms with E-state index in [1.807, 2.05) is 0 Å². The summed E-state index contributed by atoms with van der Waals surface area (Å²) >= 11 is 0. The second-order valence-electron chi connectivity index (χ2n) is 4.17. The van der Waals surface area contributed by atoms with Crippen molar-refractivity contribution in [2.45, 2.75) is 26.2 Å². The SMILES string of the molecule is CCN1CCc2ncc(N)nc2[C@@H](C)C1.Cl.Cl. The predicted molar refractivity (Wildman–Crippen MR) is 75.2 cm³/mol. The minimum absolute atomic E-state index is 0. The van der Waals surface area contributed by atoms with Gasteiger partial charge in [-0.1, -0.05) is 13.8 Å². The average Bonchev–Trinajstić information content (AvgIpc) is 2.39. The molecule has 0 saturated heterocycles. The molecule has 0 amide bonds. The minimum atomic E-state index is 0. The Kier molecular flexibility index (Phi) is 6.75. The van der Waals surface area contributed by atoms with Crippen LogP contribution in [0, 0.1) is 0 Å². The van der Waals surface area contributed by atoms with Gasteiger partial charge < -0.3 is 10.6 Å². The maximum Gasteiger partial charge on any atom is 0.142 e. The molecule has 0 aromatic carbocycles. The van der Waals surface area contributed by atoms with Gasteiger partial charge in [-0.25, -0.2) is 4.98 Å². The Balaban J connectivity index is 0.00000128. The first kappa shape index (κ1) is 16.4. The number of hydrogen-bond acceptors (Lipinski definition) is 4. The fourth-order valence-electron chi connectivity index (χ4n) is 2.15. The number of nitrogens with zero attached hydrogens (tertiary/aromatic N) is 3. The lowest BCUT2D eigenvalue weighted by Crippen LogP contribution is -2.27. The number of nitrogen functional groups attached to an aromatic ring is 1. The highest BCUT2D eigenvalue weighted by molar-refractivity contribution is 5.85. The summed E-state index contributed by atoms with van der Waals surface area (Å²) in [6, 6.07) is 0. The Labute approximate surface area is 115 Å². The first-order chi connectivity index (χ1) is 7.20. The average molecular weight is 279 g/mol. The van der Waals surface area contributed by atoms with Crippen LogP contribution in [-0.2, 0) is 6.42 Å². The molecular formula is C11H20Cl2N4. The van der Waals surface area contributed by atoms with E-state index < -0.39 is 0 Å². The van der Waals surface area contributed by atoms with E-state index in [1.165, 1.54) is 0 Å². The van der Waals surface area contributed by atoms with Crippen LogP contribution in [0.3, 0.4) is 0 Å². The second-order valence-corrected chi connectivity index (χ2v) is 4.17. The fraction of sp³-hybridized carbons (Fsp3) is 0.636. The maximum absolute atomic E-state index is 5.68. The quantitative estimate of drug-likeness (QED) is 0.853. The summed E-state index contributed by atoms with van der Waals surface area (Å²) in [5, 5.41) is 0. The van der Waals surface area contributed by atoms with Crippen LogP contribution < -0.4 is 5.73 Å². The van der Waals surface area contributed by atoms with Crippen LogP contribution in [0.5, 0.6) is 0 Å². The van der Waals surface area contributed by atoms with Crippen LogP contribution in [-0.4, -0.2) is 34.5 Å². The van der Waals surface area contributed by atoms with Gasteiger partial charge in [0.2, 0.25) is 0 Å². The molecule has 2 rings (SSSR count). The molecule has 0 radical (unpaired) electrons. The van der Waals surface area contributed by atoms with Crippen LogP contribution in [0.25, 0.3) is 0 Å². The summed E-state index contributed by atoms with van der Waals surface area (Å²) in [4.78, 5) is 11.2. The Bertz CT molecular complexity index is 359. The van der Waals surface area contributed by atoms with E-state index in [4.69, 9.17) is 5.73 Å². The zero-order chi connectivity index (χ0) is 10.8. The highest BCUT2D eigenvalue weighted by Crippen LogP contribution is 2.22. The zero-order valence-electron chi connectivity index (χ0n) is 10.2. The zero-order valence-corrected chi connectivity index (χ0v) is 11.9. The molecule has 1 aromatic rings. The first-order valence-corrected chi connectivity index (χ1v) is 5.54. The van der Waals surface area contributed by atoms with Gasteiger partial charge >= 0.3 is 0 Å². The van der Waals surface area contributed by atoms with E-state index in [9.17, 15) is 0 Å². The van der Waals surface area contributed by atoms with Crippen molar-refractivity contribution in [2.75, 3.05) is 25.4 Å². The number of nitrogens with two attached hydrogens (primary N) is 1. The highest BCUT2D eigenvalue weighted by Gasteiger charge is 2.21. The number of anilines is 1. The van der Waals surface area contributed by atoms with Crippen LogP contribution >= 0.6 is 24.8 Å². The largest absolute Gasteiger partial charge is 0.382 e. The smallest absolute Gasteiger partial charge is 0.142 e. The van der Waals surface area contributed by atoms with Gasteiger partial charge in [-0.15, -0.1) is 24.8 Å². The van der Waals surface area contributed by atoms with Gasteiger partial charge in [0, 0.05) is 25.4 Å². The van der Waals surface area contributed by atoms with E-state index >= 15 is 0 Å². The molecule has 0 saturated carbocycles. The number of likely N-dealkylation sites (N-methyl/N-ethyl adjacent to an activating group) is 1. The van der Waals surface area contributed by atoms with Crippen molar-refractivity contribution in [2.24, 2.45) is 0 Å². The number of aromatic nitrogens is 2. The summed E-state index contributed by atoms with van der Waals surface area (Å²) in [5.41, 5.74) is 7.88. The summed E-state index contributed by atoms with van der Waals surface area (Å²) in [6.07, 6.45) is 2.65. The Hall–Kier alpha value is -0.580. The number of halogens is 2. The van der Waals surface area contributed by atoms with Crippen LogP contribution in [0.4, 0.5) is 5.82 Å². The van der Waals surface area contributed by atoms with Crippen molar-refractivity contribution < 1.29 is 0 Å². The Morgan fingerprint density at radius 3 is 2.82 bits per heavy atom. The third-order valence-electron chi connectivity index (χ3n) is 3.01. The molecule has 0 fully saturated rings. The number of fused-ring (bicyclic) bond motifs is 1. The van der Waals surface area contributed by atoms with Gasteiger partial charge in [0.1, 0.15) is 5.82 Å². The molecule has 98 valence electrons. The predicted octanol–water partition coefficient (Wildman–Crippen LogP) is 1.88. The van der Waals surface area contributed by atoms with E-state index in [1.54, 1.807) is 6.20 Å². The molecule has 1 aliphatic heterocycles. The summed E-state index contributed by atoms with van der Waals surface area (Å²) in [6.45, 7) is 7.61. The summed E-state index contributed by atoms with van der Waals surface area (Å²) < 4.78 is 0. The Morgan fingerprint density at radius 2 is 2.18 bits per heavy atom. The van der Waals surface area contributed by atoms with E-state index in [-0.39, 0.29) is 24.8 Å². The summed E-state index contributed by atoms with van der Waals surface area (Å²) in [7, 11) is 0. The lowest BCUT2D eigenvalue weighted by Gasteiger charge is -2.19. The van der Waals surface area contributed by atoms with Crippen molar-refractivity contribution >= 4 is 30.6 Å². The normalized spacial score (nSPS) is 19.5. The number of hydrogen-bond donors (Lipinski definition) is 1. The topological polar surface area (TPSA) is 55.0 Å². The molecule has 0 bridgehead atoms. The lowest BCUT2D eigenvalue weighted by atomic mass is 10.1. The molecule has 4 nitrogen and oxygen atoms in total. The van der Waals surface area contributed by atoms with Crippen LogP contribution in [0.15, 0.2) is 6.20 Å². The van der Waals surface area contributed by atoms with Gasteiger partial charge in [0.25, 0.3) is 0 Å². The lowest BCUT2D eigenvalue weighted by molar-refractivity contribution is 0.285. The fourth-order valence-corrected chi connectivity index (χ4v) is 2.15. The van der Waals surface area contributed by atoms with Gasteiger partial charge in [-0.2, -0.15) is 0 Å². The molecule has 1 aromatic heterocycles. The molecule has 2 N–H and O–H groups in total. The van der Waals surface area contributed by atoms with Crippen molar-refractivity contribution in [1.29, 1.82) is 0 Å². The molecule has 0 aliphatic carbocycles. The highest BCUT2D eigenvalue weighted by atomic mass is 35.5. The molecular weight excluding hydrogens is 259 g/mol. The molecule has 6 heteroatoms. The second kappa shape index (κ2) is 6.99. The molecule has 17 heavy (non-hydrogen) atoms. The minimum Gasteiger partial charge on any atom is -0.382 e. The van der Waals surface area contributed by atoms with E-state index in [0.717, 1.165) is 37.4 Å². The van der Waals surface area contributed by atoms with Crippen molar-refractivity contribution in [1.82, 2.24) is 14.9 Å². The van der Waals surface area contributed by atoms with Crippen molar-refractivity contribution in [3.63, 3.8) is 0 Å². The molecule has 0 spiro atoms. The third kappa shape index (κ3) is 3.69. The summed E-state index contributed by atoms with van der Waals surface area (Å²) in [5.74, 6) is 0.962. The monoisotopic (exact) mass is 278 g/mol. The third-order valence-corrected chi connectivity index (χ3v) is 3.01. The van der Waals surface area contributed by atoms with Gasteiger partial charge in [-0.3, -0.25) is 4.98 Å². The van der Waals surface area contributed by atoms with Crippen molar-refractivity contribution in [3.8, 4) is 0 Å². The standard InChI is InChI=1S/C11H18N4.2ClH/c1-3-15-5-4-9-11(8(2)7-15)14-10(12)6-13-9;;/h6,8H,3-5,7H2,1-2H3,(H2,12,14);2*1H/t8-;;/m0../s1. The number of rotatable bonds is 1. The van der Waals surface area contributed by atoms with Crippen LogP contribution in [0.1, 0.15) is 31.2 Å². The molecule has 0 unspecified atom stereocenters. The maximum atomic E-state index is 5.68. The van der Waals surface area contributed by atoms with Gasteiger partial charge in [0.05, 0.1) is 17.6 Å². The van der Waals surface area contributed by atoms with Crippen molar-refractivity contribution in [3.05, 3.63) is 17.6 Å². The van der Waals surface area contributed by atoms with E-state index in [0.29, 0.717) is 11.7 Å². The van der Waals surface area contributed by atoms with Gasteiger partial charge in [-0.05, 0) is 6.54 Å². The molecule has 2 heterocycles. The van der Waals surface area contributed by atoms with Gasteiger partial charge in [0.15, 0.2) is 0 Å². The Morgan fingerprint density at radius 1 is 1.47 bits per heavy atom. The molecule has 1 aliphatic rings.